The monoisotopic (exact) mass is 403 g/mol. The van der Waals surface area contributed by atoms with Crippen LogP contribution >= 0.6 is 0 Å². The van der Waals surface area contributed by atoms with Crippen molar-refractivity contribution in [1.82, 2.24) is 0 Å². The summed E-state index contributed by atoms with van der Waals surface area (Å²) in [6.07, 6.45) is 1.51. The lowest BCUT2D eigenvalue weighted by Gasteiger charge is -2.40. The maximum absolute atomic E-state index is 13.6. The van der Waals surface area contributed by atoms with Gasteiger partial charge in [0.25, 0.3) is 0 Å². The standard InChI is InChI=1S/C29H25NO/c1-29(2)16-23-27(25(31)17-29)26-21-12-6-4-9-19(21)14-15-24(26)30-28(23)22-13-7-10-18-8-3-5-11-20(18)22/h3-15,28,30H,16-17H2,1-2H3. The number of benzene rings is 4. The van der Waals surface area contributed by atoms with Crippen LogP contribution in [0.2, 0.25) is 0 Å². The lowest BCUT2D eigenvalue weighted by Crippen LogP contribution is -2.32. The summed E-state index contributed by atoms with van der Waals surface area (Å²) in [5.74, 6) is 0.274. The summed E-state index contributed by atoms with van der Waals surface area (Å²) in [7, 11) is 0. The van der Waals surface area contributed by atoms with E-state index in [0.717, 1.165) is 28.6 Å². The van der Waals surface area contributed by atoms with Gasteiger partial charge in [-0.2, -0.15) is 0 Å². The molecule has 0 saturated heterocycles. The fourth-order valence-corrected chi connectivity index (χ4v) is 5.59. The predicted molar refractivity (Wildman–Crippen MR) is 129 cm³/mol. The molecule has 1 atom stereocenters. The quantitative estimate of drug-likeness (QED) is 0.361. The molecule has 0 bridgehead atoms. The van der Waals surface area contributed by atoms with Gasteiger partial charge in [0, 0.05) is 23.2 Å². The zero-order valence-corrected chi connectivity index (χ0v) is 17.9. The van der Waals surface area contributed by atoms with E-state index in [1.807, 2.05) is 0 Å². The van der Waals surface area contributed by atoms with Gasteiger partial charge in [0.2, 0.25) is 0 Å². The SMILES string of the molecule is CC1(C)CC(=O)C2=C(C1)C(c1cccc3ccccc13)Nc1ccc3ccccc3c12. The van der Waals surface area contributed by atoms with E-state index in [4.69, 9.17) is 0 Å². The second kappa shape index (κ2) is 6.55. The molecule has 2 heteroatoms. The van der Waals surface area contributed by atoms with Crippen LogP contribution in [-0.2, 0) is 4.79 Å². The van der Waals surface area contributed by atoms with E-state index in [0.29, 0.717) is 6.42 Å². The van der Waals surface area contributed by atoms with Crippen molar-refractivity contribution in [2.75, 3.05) is 5.32 Å². The van der Waals surface area contributed by atoms with E-state index in [2.05, 4.69) is 98.0 Å². The van der Waals surface area contributed by atoms with Gasteiger partial charge in [-0.1, -0.05) is 86.6 Å². The lowest BCUT2D eigenvalue weighted by molar-refractivity contribution is -0.116. The predicted octanol–water partition coefficient (Wildman–Crippen LogP) is 7.30. The molecule has 1 aliphatic carbocycles. The Morgan fingerprint density at radius 2 is 1.45 bits per heavy atom. The van der Waals surface area contributed by atoms with Crippen LogP contribution in [0.15, 0.2) is 84.4 Å². The molecule has 0 aromatic heterocycles. The third kappa shape index (κ3) is 2.82. The van der Waals surface area contributed by atoms with E-state index in [1.165, 1.54) is 27.3 Å². The van der Waals surface area contributed by atoms with Gasteiger partial charge in [0.15, 0.2) is 5.78 Å². The van der Waals surface area contributed by atoms with Crippen LogP contribution in [0.3, 0.4) is 0 Å². The average molecular weight is 404 g/mol. The summed E-state index contributed by atoms with van der Waals surface area (Å²) in [5.41, 5.74) is 5.54. The summed E-state index contributed by atoms with van der Waals surface area (Å²) in [5, 5.41) is 8.65. The van der Waals surface area contributed by atoms with Gasteiger partial charge in [-0.05, 0) is 50.6 Å². The first-order valence-corrected chi connectivity index (χ1v) is 11.0. The molecule has 1 unspecified atom stereocenters. The Hall–Kier alpha value is -3.39. The minimum Gasteiger partial charge on any atom is -0.374 e. The number of allylic oxidation sites excluding steroid dienone is 1. The fourth-order valence-electron chi connectivity index (χ4n) is 5.59. The van der Waals surface area contributed by atoms with Crippen LogP contribution in [0.1, 0.15) is 43.9 Å². The Labute approximate surface area is 182 Å². The van der Waals surface area contributed by atoms with E-state index in [-0.39, 0.29) is 17.2 Å². The molecule has 0 saturated carbocycles. The Morgan fingerprint density at radius 1 is 0.774 bits per heavy atom. The molecule has 152 valence electrons. The Kier molecular flexibility index (Phi) is 3.89. The molecule has 4 aromatic rings. The van der Waals surface area contributed by atoms with E-state index >= 15 is 0 Å². The zero-order valence-electron chi connectivity index (χ0n) is 17.9. The molecule has 0 fully saturated rings. The average Bonchev–Trinajstić information content (AvgIpc) is 2.77. The van der Waals surface area contributed by atoms with E-state index < -0.39 is 0 Å². The number of hydrogen-bond donors (Lipinski definition) is 1. The van der Waals surface area contributed by atoms with Crippen LogP contribution in [0, 0.1) is 5.41 Å². The maximum atomic E-state index is 13.6. The van der Waals surface area contributed by atoms with Crippen LogP contribution in [0.5, 0.6) is 0 Å². The van der Waals surface area contributed by atoms with Gasteiger partial charge in [0.1, 0.15) is 0 Å². The second-order valence-electron chi connectivity index (χ2n) is 9.70. The van der Waals surface area contributed by atoms with Gasteiger partial charge in [-0.25, -0.2) is 0 Å². The number of carbonyl (C=O) groups excluding carboxylic acids is 1. The first-order valence-electron chi connectivity index (χ1n) is 11.0. The molecule has 1 N–H and O–H groups in total. The maximum Gasteiger partial charge on any atom is 0.164 e. The molecule has 0 spiro atoms. The smallest absolute Gasteiger partial charge is 0.164 e. The zero-order chi connectivity index (χ0) is 21.2. The van der Waals surface area contributed by atoms with Gasteiger partial charge in [-0.3, -0.25) is 4.79 Å². The number of nitrogens with one attached hydrogen (secondary N) is 1. The van der Waals surface area contributed by atoms with Gasteiger partial charge in [-0.15, -0.1) is 0 Å². The minimum absolute atomic E-state index is 0.00159. The molecular formula is C29H25NO. The molecule has 31 heavy (non-hydrogen) atoms. The third-order valence-corrected chi connectivity index (χ3v) is 6.87. The number of anilines is 1. The van der Waals surface area contributed by atoms with Crippen molar-refractivity contribution in [1.29, 1.82) is 0 Å². The lowest BCUT2D eigenvalue weighted by atomic mass is 9.67. The van der Waals surface area contributed by atoms with Crippen LogP contribution in [-0.4, -0.2) is 5.78 Å². The minimum atomic E-state index is -0.0392. The van der Waals surface area contributed by atoms with Crippen molar-refractivity contribution in [3.63, 3.8) is 0 Å². The number of carbonyl (C=O) groups is 1. The number of fused-ring (bicyclic) bond motifs is 5. The first-order chi connectivity index (χ1) is 15.0. The summed E-state index contributed by atoms with van der Waals surface area (Å²) in [6, 6.07) is 27.7. The summed E-state index contributed by atoms with van der Waals surface area (Å²) in [4.78, 5) is 13.6. The third-order valence-electron chi connectivity index (χ3n) is 6.87. The highest BCUT2D eigenvalue weighted by atomic mass is 16.1. The number of Topliss-reactive ketones (excluding diaryl/α,β-unsaturated/α-hetero) is 1. The summed E-state index contributed by atoms with van der Waals surface area (Å²) in [6.45, 7) is 4.43. The number of ketones is 1. The molecule has 1 heterocycles. The van der Waals surface area contributed by atoms with Crippen molar-refractivity contribution in [2.24, 2.45) is 5.41 Å². The normalized spacial score (nSPS) is 19.8. The molecule has 2 nitrogen and oxygen atoms in total. The first kappa shape index (κ1) is 18.4. The Bertz CT molecular complexity index is 1400. The van der Waals surface area contributed by atoms with Crippen LogP contribution in [0.25, 0.3) is 27.1 Å². The molecule has 1 aliphatic heterocycles. The largest absolute Gasteiger partial charge is 0.374 e. The highest BCUT2D eigenvalue weighted by Gasteiger charge is 2.40. The van der Waals surface area contributed by atoms with Gasteiger partial charge >= 0.3 is 0 Å². The van der Waals surface area contributed by atoms with Gasteiger partial charge < -0.3 is 5.32 Å². The second-order valence-corrected chi connectivity index (χ2v) is 9.70. The van der Waals surface area contributed by atoms with Crippen molar-refractivity contribution in [2.45, 2.75) is 32.7 Å². The number of rotatable bonds is 1. The van der Waals surface area contributed by atoms with Crippen LogP contribution < -0.4 is 5.32 Å². The van der Waals surface area contributed by atoms with Crippen molar-refractivity contribution < 1.29 is 4.79 Å². The molecule has 2 aliphatic rings. The molecule has 6 rings (SSSR count). The highest BCUT2D eigenvalue weighted by molar-refractivity contribution is 6.28. The van der Waals surface area contributed by atoms with Crippen molar-refractivity contribution >= 4 is 38.6 Å². The molecule has 0 amide bonds. The van der Waals surface area contributed by atoms with E-state index in [1.54, 1.807) is 0 Å². The van der Waals surface area contributed by atoms with Crippen LogP contribution in [0.4, 0.5) is 5.69 Å². The number of hydrogen-bond acceptors (Lipinski definition) is 2. The Balaban J connectivity index is 1.67. The summed E-state index contributed by atoms with van der Waals surface area (Å²) < 4.78 is 0. The molecular weight excluding hydrogens is 378 g/mol. The summed E-state index contributed by atoms with van der Waals surface area (Å²) >= 11 is 0. The Morgan fingerprint density at radius 3 is 2.26 bits per heavy atom. The van der Waals surface area contributed by atoms with Gasteiger partial charge in [0.05, 0.1) is 6.04 Å². The highest BCUT2D eigenvalue weighted by Crippen LogP contribution is 2.52. The van der Waals surface area contributed by atoms with Crippen molar-refractivity contribution in [3.05, 3.63) is 95.6 Å². The topological polar surface area (TPSA) is 29.1 Å². The molecule has 0 radical (unpaired) electrons. The van der Waals surface area contributed by atoms with E-state index in [9.17, 15) is 4.79 Å². The molecule has 4 aromatic carbocycles. The fraction of sp³-hybridized carbons (Fsp3) is 0.207. The van der Waals surface area contributed by atoms with Crippen molar-refractivity contribution in [3.8, 4) is 0 Å².